The van der Waals surface area contributed by atoms with Crippen LogP contribution in [0.4, 0.5) is 0 Å². The van der Waals surface area contributed by atoms with E-state index < -0.39 is 0 Å². The lowest BCUT2D eigenvalue weighted by Crippen LogP contribution is -2.41. The Morgan fingerprint density at radius 1 is 1.47 bits per heavy atom. The summed E-state index contributed by atoms with van der Waals surface area (Å²) in [6, 6.07) is 0. The summed E-state index contributed by atoms with van der Waals surface area (Å²) in [7, 11) is 0. The molecule has 98 valence electrons. The van der Waals surface area contributed by atoms with Gasteiger partial charge in [0.1, 0.15) is 6.10 Å². The molecule has 3 atom stereocenters. The van der Waals surface area contributed by atoms with Crippen molar-refractivity contribution in [2.75, 3.05) is 19.6 Å². The van der Waals surface area contributed by atoms with E-state index in [1.807, 2.05) is 0 Å². The van der Waals surface area contributed by atoms with Gasteiger partial charge in [-0.1, -0.05) is 6.92 Å². The third kappa shape index (κ3) is 3.40. The highest BCUT2D eigenvalue weighted by molar-refractivity contribution is 5.80. The first kappa shape index (κ1) is 12.8. The van der Waals surface area contributed by atoms with Crippen LogP contribution in [0.15, 0.2) is 0 Å². The quantitative estimate of drug-likeness (QED) is 0.422. The Balaban J connectivity index is 1.75. The van der Waals surface area contributed by atoms with E-state index in [2.05, 4.69) is 17.2 Å². The number of hydrazine groups is 1. The molecule has 0 aromatic carbocycles. The Morgan fingerprint density at radius 2 is 2.29 bits per heavy atom. The first-order valence-electron chi connectivity index (χ1n) is 6.57. The van der Waals surface area contributed by atoms with Gasteiger partial charge in [0.2, 0.25) is 0 Å². The van der Waals surface area contributed by atoms with Crippen molar-refractivity contribution in [1.82, 2.24) is 10.3 Å². The fraction of sp³-hybridized carbons (Fsp3) is 0.917. The van der Waals surface area contributed by atoms with Crippen molar-refractivity contribution < 1.29 is 9.53 Å². The highest BCUT2D eigenvalue weighted by atomic mass is 16.5. The van der Waals surface area contributed by atoms with E-state index in [0.29, 0.717) is 0 Å². The number of piperidine rings is 1. The predicted molar refractivity (Wildman–Crippen MR) is 65.1 cm³/mol. The van der Waals surface area contributed by atoms with Gasteiger partial charge in [-0.15, -0.1) is 0 Å². The van der Waals surface area contributed by atoms with Crippen LogP contribution in [-0.2, 0) is 9.53 Å². The molecule has 3 N–H and O–H groups in total. The van der Waals surface area contributed by atoms with Gasteiger partial charge < -0.3 is 9.64 Å². The third-order valence-corrected chi connectivity index (χ3v) is 3.75. The van der Waals surface area contributed by atoms with Gasteiger partial charge in [-0.2, -0.15) is 0 Å². The third-order valence-electron chi connectivity index (χ3n) is 3.75. The fourth-order valence-electron chi connectivity index (χ4n) is 2.87. The zero-order valence-electron chi connectivity index (χ0n) is 10.5. The molecule has 3 unspecified atom stereocenters. The maximum absolute atomic E-state index is 11.3. The van der Waals surface area contributed by atoms with Gasteiger partial charge in [0, 0.05) is 13.1 Å². The number of nitrogens with two attached hydrogens (primary N) is 1. The molecule has 1 amide bonds. The van der Waals surface area contributed by atoms with E-state index >= 15 is 0 Å². The lowest BCUT2D eigenvalue weighted by Gasteiger charge is -2.32. The smallest absolute Gasteiger partial charge is 0.263 e. The normalized spacial score (nSPS) is 34.8. The molecule has 0 saturated carbocycles. The van der Waals surface area contributed by atoms with Crippen molar-refractivity contribution in [3.63, 3.8) is 0 Å². The Morgan fingerprint density at radius 3 is 3.00 bits per heavy atom. The van der Waals surface area contributed by atoms with Gasteiger partial charge in [0.15, 0.2) is 0 Å². The van der Waals surface area contributed by atoms with E-state index in [9.17, 15) is 4.79 Å². The van der Waals surface area contributed by atoms with Crippen molar-refractivity contribution in [3.05, 3.63) is 0 Å². The monoisotopic (exact) mass is 241 g/mol. The van der Waals surface area contributed by atoms with Crippen molar-refractivity contribution in [2.24, 2.45) is 11.8 Å². The maximum atomic E-state index is 11.3. The fourth-order valence-corrected chi connectivity index (χ4v) is 2.87. The Labute approximate surface area is 103 Å². The summed E-state index contributed by atoms with van der Waals surface area (Å²) in [5, 5.41) is 0. The van der Waals surface area contributed by atoms with Crippen LogP contribution in [0.25, 0.3) is 0 Å². The van der Waals surface area contributed by atoms with Gasteiger partial charge >= 0.3 is 0 Å². The predicted octanol–water partition coefficient (Wildman–Crippen LogP) is 0.256. The van der Waals surface area contributed by atoms with E-state index in [4.69, 9.17) is 10.6 Å². The van der Waals surface area contributed by atoms with Crippen LogP contribution in [0.3, 0.4) is 0 Å². The summed E-state index contributed by atoms with van der Waals surface area (Å²) in [5.74, 6) is 5.70. The molecule has 2 aliphatic heterocycles. The molecule has 2 heterocycles. The Hall–Kier alpha value is -0.650. The van der Waals surface area contributed by atoms with Crippen molar-refractivity contribution in [3.8, 4) is 0 Å². The number of nitrogens with one attached hydrogen (secondary N) is 1. The topological polar surface area (TPSA) is 67.6 Å². The van der Waals surface area contributed by atoms with Gasteiger partial charge in [0.25, 0.3) is 5.91 Å². The van der Waals surface area contributed by atoms with Gasteiger partial charge in [0.05, 0.1) is 6.10 Å². The van der Waals surface area contributed by atoms with Crippen LogP contribution in [-0.4, -0.2) is 42.6 Å². The van der Waals surface area contributed by atoms with Crippen molar-refractivity contribution >= 4 is 5.91 Å². The molecule has 2 aliphatic rings. The van der Waals surface area contributed by atoms with E-state index in [-0.39, 0.29) is 18.1 Å². The summed E-state index contributed by atoms with van der Waals surface area (Å²) < 4.78 is 5.72. The number of carbonyl (C=O) groups excluding carboxylic acids is 1. The number of carbonyl (C=O) groups is 1. The summed E-state index contributed by atoms with van der Waals surface area (Å²) in [6.07, 6.45) is 4.22. The van der Waals surface area contributed by atoms with Crippen molar-refractivity contribution in [2.45, 2.75) is 44.8 Å². The zero-order chi connectivity index (χ0) is 12.3. The second-order valence-electron chi connectivity index (χ2n) is 5.34. The molecule has 0 radical (unpaired) electrons. The molecular formula is C12H23N3O2. The molecule has 0 aromatic rings. The average Bonchev–Trinajstić information content (AvgIpc) is 2.76. The molecule has 5 nitrogen and oxygen atoms in total. The molecule has 0 spiro atoms. The molecule has 2 saturated heterocycles. The number of likely N-dealkylation sites (tertiary alicyclic amines) is 1. The van der Waals surface area contributed by atoms with E-state index in [1.165, 1.54) is 12.8 Å². The standard InChI is InChI=1S/C12H23N3O2/c1-9-3-2-6-15(7-9)8-10-4-5-11(17-10)12(16)14-13/h9-11H,2-8,13H2,1H3,(H,14,16). The average molecular weight is 241 g/mol. The van der Waals surface area contributed by atoms with Crippen LogP contribution in [0.2, 0.25) is 0 Å². The number of hydrogen-bond acceptors (Lipinski definition) is 4. The minimum absolute atomic E-state index is 0.195. The highest BCUT2D eigenvalue weighted by Crippen LogP contribution is 2.23. The number of hydrogen-bond donors (Lipinski definition) is 2. The van der Waals surface area contributed by atoms with Gasteiger partial charge in [-0.05, 0) is 38.1 Å². The minimum Gasteiger partial charge on any atom is -0.364 e. The van der Waals surface area contributed by atoms with Gasteiger partial charge in [-0.3, -0.25) is 10.2 Å². The largest absolute Gasteiger partial charge is 0.364 e. The van der Waals surface area contributed by atoms with Crippen LogP contribution < -0.4 is 11.3 Å². The highest BCUT2D eigenvalue weighted by Gasteiger charge is 2.31. The minimum atomic E-state index is -0.341. The lowest BCUT2D eigenvalue weighted by molar-refractivity contribution is -0.132. The Bertz CT molecular complexity index is 272. The molecule has 0 aromatic heterocycles. The number of nitrogens with zero attached hydrogens (tertiary/aromatic N) is 1. The summed E-state index contributed by atoms with van der Waals surface area (Å²) in [6.45, 7) is 5.58. The number of rotatable bonds is 3. The molecule has 17 heavy (non-hydrogen) atoms. The molecule has 2 fully saturated rings. The van der Waals surface area contributed by atoms with Crippen LogP contribution in [0.1, 0.15) is 32.6 Å². The number of amides is 1. The second kappa shape index (κ2) is 5.80. The molecule has 5 heteroatoms. The van der Waals surface area contributed by atoms with Crippen LogP contribution in [0, 0.1) is 5.92 Å². The second-order valence-corrected chi connectivity index (χ2v) is 5.34. The first-order valence-corrected chi connectivity index (χ1v) is 6.57. The molecule has 0 aliphatic carbocycles. The van der Waals surface area contributed by atoms with E-state index in [0.717, 1.165) is 38.4 Å². The molecule has 0 bridgehead atoms. The maximum Gasteiger partial charge on any atom is 0.263 e. The SMILES string of the molecule is CC1CCCN(CC2CCC(C(=O)NN)O2)C1. The number of ether oxygens (including phenoxy) is 1. The zero-order valence-corrected chi connectivity index (χ0v) is 10.5. The summed E-state index contributed by atoms with van der Waals surface area (Å²) in [4.78, 5) is 13.8. The first-order chi connectivity index (χ1) is 8.19. The van der Waals surface area contributed by atoms with Crippen LogP contribution >= 0.6 is 0 Å². The summed E-state index contributed by atoms with van der Waals surface area (Å²) >= 11 is 0. The molecule has 2 rings (SSSR count). The lowest BCUT2D eigenvalue weighted by atomic mass is 10.00. The van der Waals surface area contributed by atoms with Gasteiger partial charge in [-0.25, -0.2) is 5.84 Å². The van der Waals surface area contributed by atoms with Crippen molar-refractivity contribution in [1.29, 1.82) is 0 Å². The van der Waals surface area contributed by atoms with Crippen LogP contribution in [0.5, 0.6) is 0 Å². The molecular weight excluding hydrogens is 218 g/mol. The summed E-state index contributed by atoms with van der Waals surface area (Å²) in [5.41, 5.74) is 2.16. The van der Waals surface area contributed by atoms with E-state index in [1.54, 1.807) is 0 Å². The Kier molecular flexibility index (Phi) is 4.36.